The lowest BCUT2D eigenvalue weighted by Gasteiger charge is -2.30. The molecule has 0 aliphatic heterocycles. The van der Waals surface area contributed by atoms with Gasteiger partial charge in [0.05, 0.1) is 11.1 Å². The number of imidazole rings is 1. The molecule has 1 aliphatic rings. The average molecular weight is 427 g/mol. The number of amides is 1. The molecule has 1 saturated carbocycles. The average Bonchev–Trinajstić information content (AvgIpc) is 2.79. The molecule has 1 fully saturated rings. The van der Waals surface area contributed by atoms with E-state index < -0.39 is 17.7 Å². The third-order valence-corrected chi connectivity index (χ3v) is 5.06. The van der Waals surface area contributed by atoms with Crippen molar-refractivity contribution in [2.75, 3.05) is 5.32 Å². The van der Waals surface area contributed by atoms with Gasteiger partial charge in [0.25, 0.3) is 0 Å². The first-order chi connectivity index (χ1) is 13.7. The summed E-state index contributed by atoms with van der Waals surface area (Å²) in [6.07, 6.45) is -2.27. The number of aromatic nitrogens is 2. The molecule has 1 heterocycles. The highest BCUT2D eigenvalue weighted by atomic mass is 19.4. The lowest BCUT2D eigenvalue weighted by molar-refractivity contribution is -0.274. The van der Waals surface area contributed by atoms with Gasteiger partial charge in [0.15, 0.2) is 5.75 Å². The summed E-state index contributed by atoms with van der Waals surface area (Å²) in [6, 6.07) is 2.82. The monoisotopic (exact) mass is 427 g/mol. The molecule has 9 heteroatoms. The predicted octanol–water partition coefficient (Wildman–Crippen LogP) is 5.26. The largest absolute Gasteiger partial charge is 0.573 e. The lowest BCUT2D eigenvalue weighted by Crippen LogP contribution is -2.26. The van der Waals surface area contributed by atoms with Gasteiger partial charge >= 0.3 is 6.36 Å². The highest BCUT2D eigenvalue weighted by Crippen LogP contribution is 2.44. The first-order valence-corrected chi connectivity index (χ1v) is 9.99. The van der Waals surface area contributed by atoms with E-state index >= 15 is 0 Å². The van der Waals surface area contributed by atoms with Crippen LogP contribution in [0.25, 0.3) is 11.0 Å². The van der Waals surface area contributed by atoms with Crippen LogP contribution in [0.4, 0.5) is 19.1 Å². The topological polar surface area (TPSA) is 76.4 Å². The van der Waals surface area contributed by atoms with E-state index in [2.05, 4.69) is 15.0 Å². The molecule has 1 aromatic carbocycles. The first-order valence-electron chi connectivity index (χ1n) is 9.99. The van der Waals surface area contributed by atoms with Crippen LogP contribution in [-0.2, 0) is 10.4 Å². The second-order valence-corrected chi connectivity index (χ2v) is 9.59. The van der Waals surface area contributed by atoms with Crippen LogP contribution >= 0.6 is 0 Å². The van der Waals surface area contributed by atoms with Crippen LogP contribution in [-0.4, -0.2) is 26.9 Å². The molecule has 1 amide bonds. The van der Waals surface area contributed by atoms with Crippen molar-refractivity contribution in [1.29, 1.82) is 0 Å². The minimum Gasteiger partial charge on any atom is -0.403 e. The molecule has 3 rings (SSSR count). The van der Waals surface area contributed by atoms with Crippen molar-refractivity contribution in [1.82, 2.24) is 9.55 Å². The van der Waals surface area contributed by atoms with Crippen LogP contribution < -0.4 is 10.1 Å². The fourth-order valence-corrected chi connectivity index (χ4v) is 3.60. The number of nitrogens with one attached hydrogen (secondary N) is 1. The van der Waals surface area contributed by atoms with Crippen molar-refractivity contribution >= 4 is 22.9 Å². The second-order valence-electron chi connectivity index (χ2n) is 9.59. The van der Waals surface area contributed by atoms with E-state index in [-0.39, 0.29) is 46.3 Å². The summed E-state index contributed by atoms with van der Waals surface area (Å²) in [6.45, 7) is 8.56. The predicted molar refractivity (Wildman–Crippen MR) is 107 cm³/mol. The summed E-state index contributed by atoms with van der Waals surface area (Å²) in [5.41, 5.74) is -1.43. The molecule has 0 saturated heterocycles. The number of ether oxygens (including phenoxy) is 1. The maximum Gasteiger partial charge on any atom is 0.573 e. The van der Waals surface area contributed by atoms with Gasteiger partial charge in [-0.2, -0.15) is 0 Å². The van der Waals surface area contributed by atoms with Crippen LogP contribution in [0.3, 0.4) is 0 Å². The van der Waals surface area contributed by atoms with Gasteiger partial charge in [-0.05, 0) is 44.6 Å². The zero-order valence-electron chi connectivity index (χ0n) is 17.9. The second kappa shape index (κ2) is 7.44. The molecule has 6 nitrogen and oxygen atoms in total. The van der Waals surface area contributed by atoms with Crippen molar-refractivity contribution in [2.24, 2.45) is 5.41 Å². The van der Waals surface area contributed by atoms with Gasteiger partial charge in [0.1, 0.15) is 5.52 Å². The molecule has 2 N–H and O–H groups in total. The molecule has 166 valence electrons. The van der Waals surface area contributed by atoms with E-state index in [9.17, 15) is 23.1 Å². The van der Waals surface area contributed by atoms with Crippen molar-refractivity contribution in [2.45, 2.75) is 78.3 Å². The van der Waals surface area contributed by atoms with Crippen LogP contribution in [0.5, 0.6) is 5.75 Å². The molecule has 0 unspecified atom stereocenters. The Morgan fingerprint density at radius 1 is 1.23 bits per heavy atom. The van der Waals surface area contributed by atoms with Crippen LogP contribution in [0.15, 0.2) is 12.1 Å². The van der Waals surface area contributed by atoms with Gasteiger partial charge in [-0.1, -0.05) is 26.8 Å². The highest BCUT2D eigenvalue weighted by Gasteiger charge is 2.38. The van der Waals surface area contributed by atoms with E-state index in [0.29, 0.717) is 0 Å². The first kappa shape index (κ1) is 22.4. The normalized spacial score (nSPS) is 15.9. The maximum atomic E-state index is 13.3. The number of fused-ring (bicyclic) bond motifs is 1. The number of carbonyl (C=O) groups excluding carboxylic acids is 1. The molecule has 1 aliphatic carbocycles. The molecule has 0 atom stereocenters. The third kappa shape index (κ3) is 4.88. The number of nitrogens with zero attached hydrogens (tertiary/aromatic N) is 2. The Labute approximate surface area is 173 Å². The summed E-state index contributed by atoms with van der Waals surface area (Å²) < 4.78 is 45.8. The molecular formula is C21H28F3N3O3. The highest BCUT2D eigenvalue weighted by molar-refractivity contribution is 5.93. The van der Waals surface area contributed by atoms with E-state index in [4.69, 9.17) is 0 Å². The fourth-order valence-electron chi connectivity index (χ4n) is 3.60. The quantitative estimate of drug-likeness (QED) is 0.682. The number of carbonyl (C=O) groups is 1. The fraction of sp³-hybridized carbons (Fsp3) is 0.619. The molecule has 0 radical (unpaired) electrons. The van der Waals surface area contributed by atoms with E-state index in [0.717, 1.165) is 19.3 Å². The van der Waals surface area contributed by atoms with Gasteiger partial charge in [-0.3, -0.25) is 10.1 Å². The maximum absolute atomic E-state index is 13.3. The number of aliphatic hydroxyl groups is 1. The number of anilines is 1. The van der Waals surface area contributed by atoms with Gasteiger partial charge < -0.3 is 14.4 Å². The number of benzene rings is 1. The van der Waals surface area contributed by atoms with Crippen molar-refractivity contribution in [3.63, 3.8) is 0 Å². The van der Waals surface area contributed by atoms with Crippen LogP contribution in [0.1, 0.15) is 71.9 Å². The Bertz CT molecular complexity index is 949. The van der Waals surface area contributed by atoms with Crippen LogP contribution in [0.2, 0.25) is 0 Å². The summed E-state index contributed by atoms with van der Waals surface area (Å²) in [5.74, 6) is -0.550. The Kier molecular flexibility index (Phi) is 5.56. The van der Waals surface area contributed by atoms with Gasteiger partial charge in [-0.15, -0.1) is 13.2 Å². The third-order valence-electron chi connectivity index (χ3n) is 5.06. The van der Waals surface area contributed by atoms with Crippen molar-refractivity contribution in [3.05, 3.63) is 17.7 Å². The van der Waals surface area contributed by atoms with Gasteiger partial charge in [0, 0.05) is 18.0 Å². The minimum atomic E-state index is -4.95. The zero-order valence-corrected chi connectivity index (χ0v) is 17.9. The summed E-state index contributed by atoms with van der Waals surface area (Å²) in [5, 5.41) is 13.2. The summed E-state index contributed by atoms with van der Waals surface area (Å²) in [4.78, 5) is 16.9. The molecule has 1 aromatic heterocycles. The molecule has 2 aromatic rings. The summed E-state index contributed by atoms with van der Waals surface area (Å²) in [7, 11) is 0. The van der Waals surface area contributed by atoms with E-state index in [1.54, 1.807) is 10.6 Å². The zero-order chi connectivity index (χ0) is 22.5. The molecule has 0 bridgehead atoms. The Morgan fingerprint density at radius 3 is 2.33 bits per heavy atom. The van der Waals surface area contributed by atoms with Gasteiger partial charge in [0.2, 0.25) is 11.9 Å². The summed E-state index contributed by atoms with van der Waals surface area (Å²) >= 11 is 0. The van der Waals surface area contributed by atoms with Crippen LogP contribution in [0, 0.1) is 5.41 Å². The standard InChI is InChI=1S/C21H28F3N3O3/c1-19(2,3)11-15(28)26-18-25-14-10-9-13(20(4,5)29)17(30-21(22,23)24)16(14)27(18)12-7-6-8-12/h9-10,12,29H,6-8,11H2,1-5H3,(H,25,26,28). The number of halogens is 3. The SMILES string of the molecule is CC(C)(C)CC(=O)Nc1nc2ccc(C(C)(C)O)c(OC(F)(F)F)c2n1C1CCC1. The Balaban J connectivity index is 2.20. The minimum absolute atomic E-state index is 0.000339. The van der Waals surface area contributed by atoms with E-state index in [1.807, 2.05) is 20.8 Å². The molecule has 30 heavy (non-hydrogen) atoms. The lowest BCUT2D eigenvalue weighted by atomic mass is 9.91. The molecular weight excluding hydrogens is 399 g/mol. The van der Waals surface area contributed by atoms with Crippen molar-refractivity contribution in [3.8, 4) is 5.75 Å². The number of rotatable bonds is 5. The number of hydrogen-bond donors (Lipinski definition) is 2. The molecule has 0 spiro atoms. The smallest absolute Gasteiger partial charge is 0.403 e. The van der Waals surface area contributed by atoms with Gasteiger partial charge in [-0.25, -0.2) is 4.98 Å². The van der Waals surface area contributed by atoms with Crippen molar-refractivity contribution < 1.29 is 27.8 Å². The van der Waals surface area contributed by atoms with E-state index in [1.165, 1.54) is 19.9 Å². The Hall–Kier alpha value is -2.29. The number of hydrogen-bond acceptors (Lipinski definition) is 4. The number of alkyl halides is 3. The Morgan fingerprint density at radius 2 is 1.87 bits per heavy atom.